The van der Waals surface area contributed by atoms with Gasteiger partial charge in [0.1, 0.15) is 6.04 Å². The lowest BCUT2D eigenvalue weighted by Crippen LogP contribution is -2.54. The number of hydrogen-bond acceptors (Lipinski definition) is 4. The average Bonchev–Trinajstić information content (AvgIpc) is 2.93. The molecule has 0 spiro atoms. The highest BCUT2D eigenvalue weighted by molar-refractivity contribution is 9.11. The zero-order chi connectivity index (χ0) is 15.4. The Morgan fingerprint density at radius 3 is 2.82 bits per heavy atom. The van der Waals surface area contributed by atoms with Gasteiger partial charge < -0.3 is 16.0 Å². The van der Waals surface area contributed by atoms with E-state index in [-0.39, 0.29) is 30.3 Å². The molecular formula is C14H21BrClN3O2S. The van der Waals surface area contributed by atoms with Crippen molar-refractivity contribution in [2.75, 3.05) is 13.1 Å². The molecule has 2 atom stereocenters. The molecule has 8 heteroatoms. The molecule has 5 nitrogen and oxygen atoms in total. The normalized spacial score (nSPS) is 19.2. The summed E-state index contributed by atoms with van der Waals surface area (Å²) >= 11 is 4.67. The summed E-state index contributed by atoms with van der Waals surface area (Å²) in [5, 5.41) is 2.77. The molecule has 2 rings (SSSR count). The lowest BCUT2D eigenvalue weighted by atomic mass is 10.0. The van der Waals surface area contributed by atoms with Crippen LogP contribution in [-0.4, -0.2) is 41.9 Å². The van der Waals surface area contributed by atoms with E-state index in [1.165, 1.54) is 11.3 Å². The first-order valence-electron chi connectivity index (χ1n) is 7.09. The van der Waals surface area contributed by atoms with Crippen LogP contribution in [0.25, 0.3) is 0 Å². The lowest BCUT2D eigenvalue weighted by Gasteiger charge is -2.36. The zero-order valence-electron chi connectivity index (χ0n) is 12.4. The van der Waals surface area contributed by atoms with E-state index in [4.69, 9.17) is 5.73 Å². The number of amides is 2. The fourth-order valence-corrected chi connectivity index (χ4v) is 3.84. The van der Waals surface area contributed by atoms with Crippen molar-refractivity contribution in [1.29, 1.82) is 0 Å². The van der Waals surface area contributed by atoms with Crippen LogP contribution in [0.5, 0.6) is 0 Å². The Balaban J connectivity index is 0.00000242. The summed E-state index contributed by atoms with van der Waals surface area (Å²) in [6, 6.07) is 3.12. The minimum atomic E-state index is -0.537. The molecule has 2 heterocycles. The van der Waals surface area contributed by atoms with Crippen LogP contribution in [0.1, 0.15) is 35.9 Å². The lowest BCUT2D eigenvalue weighted by molar-refractivity contribution is -0.136. The monoisotopic (exact) mass is 409 g/mol. The Morgan fingerprint density at radius 2 is 2.23 bits per heavy atom. The number of halogens is 2. The number of thiophene rings is 1. The van der Waals surface area contributed by atoms with E-state index < -0.39 is 6.04 Å². The van der Waals surface area contributed by atoms with Crippen molar-refractivity contribution in [3.8, 4) is 0 Å². The molecule has 0 aliphatic carbocycles. The van der Waals surface area contributed by atoms with Gasteiger partial charge in [-0.25, -0.2) is 0 Å². The van der Waals surface area contributed by atoms with Crippen molar-refractivity contribution in [3.63, 3.8) is 0 Å². The fraction of sp³-hybridized carbons (Fsp3) is 0.571. The number of nitrogens with zero attached hydrogens (tertiary/aromatic N) is 1. The van der Waals surface area contributed by atoms with E-state index in [0.29, 0.717) is 11.4 Å². The number of rotatable bonds is 4. The Kier molecular flexibility index (Phi) is 7.82. The van der Waals surface area contributed by atoms with E-state index in [2.05, 4.69) is 21.2 Å². The summed E-state index contributed by atoms with van der Waals surface area (Å²) in [5.74, 6) is -0.262. The van der Waals surface area contributed by atoms with Crippen LogP contribution in [0, 0.1) is 0 Å². The number of nitrogens with one attached hydrogen (secondary N) is 1. The molecule has 124 valence electrons. The van der Waals surface area contributed by atoms with Crippen LogP contribution >= 0.6 is 39.7 Å². The Labute approximate surface area is 149 Å². The molecule has 1 aromatic heterocycles. The molecule has 0 radical (unpaired) electrons. The number of piperidine rings is 1. The fourth-order valence-electron chi connectivity index (χ4n) is 2.55. The summed E-state index contributed by atoms with van der Waals surface area (Å²) in [4.78, 5) is 27.0. The van der Waals surface area contributed by atoms with Crippen molar-refractivity contribution in [1.82, 2.24) is 10.2 Å². The van der Waals surface area contributed by atoms with Gasteiger partial charge in [0.25, 0.3) is 5.91 Å². The molecule has 1 aliphatic heterocycles. The third kappa shape index (κ3) is 4.68. The molecule has 0 saturated carbocycles. The standard InChI is InChI=1S/C14H20BrN3O2S.ClH/c1-9(17-13(19)11-5-6-12(15)21-11)14(20)18-7-3-2-4-10(18)8-16;/h5-6,9-10H,2-4,7-8,16H2,1H3,(H,17,19);1H. The van der Waals surface area contributed by atoms with Crippen LogP contribution < -0.4 is 11.1 Å². The summed E-state index contributed by atoms with van der Waals surface area (Å²) in [5.41, 5.74) is 5.74. The van der Waals surface area contributed by atoms with Crippen LogP contribution in [0.3, 0.4) is 0 Å². The van der Waals surface area contributed by atoms with Crippen LogP contribution in [-0.2, 0) is 4.79 Å². The van der Waals surface area contributed by atoms with Gasteiger partial charge in [-0.05, 0) is 54.2 Å². The first-order valence-corrected chi connectivity index (χ1v) is 8.70. The van der Waals surface area contributed by atoms with Gasteiger partial charge >= 0.3 is 0 Å². The molecule has 0 bridgehead atoms. The molecule has 2 unspecified atom stereocenters. The van der Waals surface area contributed by atoms with E-state index in [1.807, 2.05) is 11.0 Å². The average molecular weight is 411 g/mol. The molecule has 1 fully saturated rings. The minimum absolute atomic E-state index is 0. The van der Waals surface area contributed by atoms with Gasteiger partial charge in [-0.1, -0.05) is 0 Å². The number of nitrogens with two attached hydrogens (primary N) is 1. The molecular weight excluding hydrogens is 390 g/mol. The highest BCUT2D eigenvalue weighted by Gasteiger charge is 2.29. The third-order valence-electron chi connectivity index (χ3n) is 3.70. The molecule has 22 heavy (non-hydrogen) atoms. The first-order chi connectivity index (χ1) is 10.0. The predicted molar refractivity (Wildman–Crippen MR) is 94.6 cm³/mol. The number of carbonyl (C=O) groups excluding carboxylic acids is 2. The summed E-state index contributed by atoms with van der Waals surface area (Å²) in [6.07, 6.45) is 3.05. The second kappa shape index (κ2) is 8.86. The SMILES string of the molecule is CC(NC(=O)c1ccc(Br)s1)C(=O)N1CCCCC1CN.Cl. The summed E-state index contributed by atoms with van der Waals surface area (Å²) in [7, 11) is 0. The van der Waals surface area contributed by atoms with Gasteiger partial charge in [0.2, 0.25) is 5.91 Å². The van der Waals surface area contributed by atoms with Crippen LogP contribution in [0.2, 0.25) is 0 Å². The molecule has 1 aliphatic rings. The third-order valence-corrected chi connectivity index (χ3v) is 5.32. The maximum absolute atomic E-state index is 12.5. The largest absolute Gasteiger partial charge is 0.340 e. The van der Waals surface area contributed by atoms with Crippen molar-refractivity contribution < 1.29 is 9.59 Å². The second-order valence-electron chi connectivity index (χ2n) is 5.22. The Bertz CT molecular complexity index is 526. The highest BCUT2D eigenvalue weighted by Crippen LogP contribution is 2.22. The van der Waals surface area contributed by atoms with Gasteiger partial charge in [0.15, 0.2) is 0 Å². The van der Waals surface area contributed by atoms with E-state index in [1.54, 1.807) is 13.0 Å². The van der Waals surface area contributed by atoms with Gasteiger partial charge in [-0.2, -0.15) is 0 Å². The number of carbonyl (C=O) groups is 2. The Hall–Kier alpha value is -0.630. The highest BCUT2D eigenvalue weighted by atomic mass is 79.9. The van der Waals surface area contributed by atoms with Crippen LogP contribution in [0.15, 0.2) is 15.9 Å². The van der Waals surface area contributed by atoms with Gasteiger partial charge in [-0.3, -0.25) is 9.59 Å². The van der Waals surface area contributed by atoms with Gasteiger partial charge in [-0.15, -0.1) is 23.7 Å². The maximum atomic E-state index is 12.5. The van der Waals surface area contributed by atoms with Gasteiger partial charge in [0.05, 0.1) is 8.66 Å². The zero-order valence-corrected chi connectivity index (χ0v) is 15.6. The van der Waals surface area contributed by atoms with E-state index in [0.717, 1.165) is 29.6 Å². The van der Waals surface area contributed by atoms with Crippen molar-refractivity contribution in [2.24, 2.45) is 5.73 Å². The van der Waals surface area contributed by atoms with Crippen molar-refractivity contribution >= 4 is 51.5 Å². The minimum Gasteiger partial charge on any atom is -0.340 e. The molecule has 2 amide bonds. The van der Waals surface area contributed by atoms with E-state index in [9.17, 15) is 9.59 Å². The maximum Gasteiger partial charge on any atom is 0.262 e. The predicted octanol–water partition coefficient (Wildman–Crippen LogP) is 2.39. The molecule has 3 N–H and O–H groups in total. The van der Waals surface area contributed by atoms with Gasteiger partial charge in [0, 0.05) is 19.1 Å². The number of hydrogen-bond donors (Lipinski definition) is 2. The summed E-state index contributed by atoms with van der Waals surface area (Å²) < 4.78 is 0.894. The molecule has 0 aromatic carbocycles. The first kappa shape index (κ1) is 19.4. The Morgan fingerprint density at radius 1 is 1.50 bits per heavy atom. The molecule has 1 saturated heterocycles. The molecule has 1 aromatic rings. The number of likely N-dealkylation sites (tertiary alicyclic amines) is 1. The van der Waals surface area contributed by atoms with Crippen molar-refractivity contribution in [3.05, 3.63) is 20.8 Å². The van der Waals surface area contributed by atoms with Crippen LogP contribution in [0.4, 0.5) is 0 Å². The summed E-state index contributed by atoms with van der Waals surface area (Å²) in [6.45, 7) is 2.93. The smallest absolute Gasteiger partial charge is 0.262 e. The topological polar surface area (TPSA) is 75.4 Å². The quantitative estimate of drug-likeness (QED) is 0.800. The van der Waals surface area contributed by atoms with E-state index >= 15 is 0 Å². The van der Waals surface area contributed by atoms with Crippen molar-refractivity contribution in [2.45, 2.75) is 38.3 Å². The second-order valence-corrected chi connectivity index (χ2v) is 7.68.